The van der Waals surface area contributed by atoms with Crippen LogP contribution in [0.2, 0.25) is 0 Å². The monoisotopic (exact) mass is 383 g/mol. The van der Waals surface area contributed by atoms with Crippen LogP contribution in [0.5, 0.6) is 0 Å². The predicted octanol–water partition coefficient (Wildman–Crippen LogP) is 3.77. The van der Waals surface area contributed by atoms with Crippen molar-refractivity contribution < 1.29 is 50.3 Å². The second kappa shape index (κ2) is 11.8. The Balaban J connectivity index is 0. The molecule has 0 amide bonds. The number of hydrogen-bond donors (Lipinski definition) is 1. The van der Waals surface area contributed by atoms with E-state index in [1.54, 1.807) is 0 Å². The maximum absolute atomic E-state index is 5.38. The Hall–Kier alpha value is 2.28. The summed E-state index contributed by atoms with van der Waals surface area (Å²) in [5, 5.41) is 0. The summed E-state index contributed by atoms with van der Waals surface area (Å²) in [5.41, 5.74) is -2.22. The molecular weight excluding hydrogens is 364 g/mol. The summed E-state index contributed by atoms with van der Waals surface area (Å²) in [4.78, 5) is 0. The molecule has 0 spiro atoms. The largest absolute Gasteiger partial charge is 0.322 e. The van der Waals surface area contributed by atoms with Crippen molar-refractivity contribution in [3.8, 4) is 0 Å². The number of rotatable bonds is 8. The summed E-state index contributed by atoms with van der Waals surface area (Å²) in [6.45, 7) is 5.57. The van der Waals surface area contributed by atoms with Crippen molar-refractivity contribution in [2.24, 2.45) is 0 Å². The van der Waals surface area contributed by atoms with Gasteiger partial charge in [0.1, 0.15) is 0 Å². The molecule has 0 rings (SSSR count). The first-order valence-electron chi connectivity index (χ1n) is 4.74. The van der Waals surface area contributed by atoms with E-state index in [0.29, 0.717) is 13.2 Å². The van der Waals surface area contributed by atoms with Gasteiger partial charge in [-0.2, -0.15) is 0 Å². The van der Waals surface area contributed by atoms with Crippen molar-refractivity contribution in [3.63, 3.8) is 0 Å². The van der Waals surface area contributed by atoms with Crippen LogP contribution in [0.25, 0.3) is 0 Å². The van der Waals surface area contributed by atoms with Crippen LogP contribution in [0.3, 0.4) is 0 Å². The van der Waals surface area contributed by atoms with Crippen molar-refractivity contribution in [1.29, 1.82) is 0 Å². The fourth-order valence-electron chi connectivity index (χ4n) is 0.686. The maximum Gasteiger partial charge on any atom is 0.244 e. The van der Waals surface area contributed by atoms with E-state index in [9.17, 15) is 0 Å². The van der Waals surface area contributed by atoms with Gasteiger partial charge < -0.3 is 9.05 Å². The Labute approximate surface area is 131 Å². The van der Waals surface area contributed by atoms with Crippen molar-refractivity contribution in [2.45, 2.75) is 39.5 Å². The molecule has 1 radical (unpaired) electrons. The average Bonchev–Trinajstić information content (AvgIpc) is 2.05. The van der Waals surface area contributed by atoms with Crippen LogP contribution in [0.1, 0.15) is 39.5 Å². The second-order valence-corrected chi connectivity index (χ2v) is 8.13. The molecule has 83 valence electrons. The summed E-state index contributed by atoms with van der Waals surface area (Å²) in [7, 11) is 0. The molecule has 2 nitrogen and oxygen atoms in total. The zero-order chi connectivity index (χ0) is 10.2. The normalized spacial score (nSPS) is 11.1. The van der Waals surface area contributed by atoms with Gasteiger partial charge in [0.05, 0.1) is 13.2 Å². The van der Waals surface area contributed by atoms with Gasteiger partial charge in [-0.1, -0.05) is 38.9 Å². The van der Waals surface area contributed by atoms with Crippen molar-refractivity contribution in [3.05, 3.63) is 0 Å². The summed E-state index contributed by atoms with van der Waals surface area (Å²) >= 11 is 9.31. The van der Waals surface area contributed by atoms with Gasteiger partial charge in [0.2, 0.25) is 5.69 Å². The molecular formula is C8H19O2PPrS2. The first-order chi connectivity index (χ1) is 6.12. The van der Waals surface area contributed by atoms with E-state index >= 15 is 0 Å². The molecule has 0 unspecified atom stereocenters. The third-order valence-electron chi connectivity index (χ3n) is 1.50. The first kappa shape index (κ1) is 18.6. The fraction of sp³-hybridized carbons (Fsp3) is 1.00. The van der Waals surface area contributed by atoms with Gasteiger partial charge in [-0.15, -0.1) is 0 Å². The molecule has 0 N–H and O–H groups in total. The van der Waals surface area contributed by atoms with Gasteiger partial charge in [0, 0.05) is 41.3 Å². The van der Waals surface area contributed by atoms with Gasteiger partial charge >= 0.3 is 0 Å². The van der Waals surface area contributed by atoms with Crippen molar-refractivity contribution in [2.75, 3.05) is 13.2 Å². The number of thiol groups is 1. The zero-order valence-electron chi connectivity index (χ0n) is 8.94. The Morgan fingerprint density at radius 3 is 1.71 bits per heavy atom. The molecule has 0 saturated carbocycles. The van der Waals surface area contributed by atoms with Gasteiger partial charge in [-0.05, 0) is 24.6 Å². The molecule has 6 heteroatoms. The SMILES string of the molecule is CCCCOP(=S)(S)OCCCC.[Pr]. The third-order valence-corrected chi connectivity index (χ3v) is 3.85. The Bertz CT molecular complexity index is 155. The van der Waals surface area contributed by atoms with E-state index in [2.05, 4.69) is 26.1 Å². The van der Waals surface area contributed by atoms with Crippen LogP contribution in [-0.2, 0) is 20.9 Å². The molecule has 0 aromatic carbocycles. The molecule has 0 bridgehead atoms. The van der Waals surface area contributed by atoms with Gasteiger partial charge in [0.25, 0.3) is 0 Å². The van der Waals surface area contributed by atoms with Crippen LogP contribution in [0.15, 0.2) is 0 Å². The van der Waals surface area contributed by atoms with E-state index < -0.39 is 5.69 Å². The third kappa shape index (κ3) is 12.4. The van der Waals surface area contributed by atoms with Gasteiger partial charge in [-0.25, -0.2) is 0 Å². The molecule has 14 heavy (non-hydrogen) atoms. The predicted molar refractivity (Wildman–Crippen MR) is 65.0 cm³/mol. The minimum absolute atomic E-state index is 0. The molecule has 0 saturated heterocycles. The molecule has 0 aliphatic rings. The van der Waals surface area contributed by atoms with Crippen LogP contribution >= 0.6 is 17.9 Å². The minimum atomic E-state index is -2.22. The topological polar surface area (TPSA) is 18.5 Å². The molecule has 0 heterocycles. The molecule has 0 aliphatic carbocycles. The maximum atomic E-state index is 5.38. The second-order valence-electron chi connectivity index (χ2n) is 2.84. The minimum Gasteiger partial charge on any atom is -0.322 e. The van der Waals surface area contributed by atoms with E-state index in [1.807, 2.05) is 0 Å². The standard InChI is InChI=1S/C8H19O2PS2.Pr/c1-3-5-7-9-11(12,13)10-8-6-4-2;/h3-8H2,1-2H3,(H,12,13);. The smallest absolute Gasteiger partial charge is 0.244 e. The molecule has 0 aromatic rings. The Morgan fingerprint density at radius 1 is 1.07 bits per heavy atom. The van der Waals surface area contributed by atoms with Crippen LogP contribution in [0.4, 0.5) is 0 Å². The average molecular weight is 383 g/mol. The summed E-state index contributed by atoms with van der Waals surface area (Å²) in [5.74, 6) is 0. The van der Waals surface area contributed by atoms with Gasteiger partial charge in [-0.3, -0.25) is 0 Å². The van der Waals surface area contributed by atoms with Crippen LogP contribution < -0.4 is 0 Å². The van der Waals surface area contributed by atoms with E-state index in [1.165, 1.54) is 0 Å². The quantitative estimate of drug-likeness (QED) is 0.391. The van der Waals surface area contributed by atoms with Crippen molar-refractivity contribution >= 4 is 29.7 Å². The molecule has 0 fully saturated rings. The Kier molecular flexibility index (Phi) is 15.7. The van der Waals surface area contributed by atoms with Crippen LogP contribution in [0, 0.1) is 41.3 Å². The number of hydrogen-bond acceptors (Lipinski definition) is 3. The van der Waals surface area contributed by atoms with Crippen molar-refractivity contribution in [1.82, 2.24) is 0 Å². The summed E-state index contributed by atoms with van der Waals surface area (Å²) < 4.78 is 10.8. The summed E-state index contributed by atoms with van der Waals surface area (Å²) in [6, 6.07) is 0. The Morgan fingerprint density at radius 2 is 1.43 bits per heavy atom. The van der Waals surface area contributed by atoms with Gasteiger partial charge in [0.15, 0.2) is 0 Å². The van der Waals surface area contributed by atoms with E-state index in [-0.39, 0.29) is 41.3 Å². The molecule has 0 atom stereocenters. The number of unbranched alkanes of at least 4 members (excludes halogenated alkanes) is 2. The summed E-state index contributed by atoms with van der Waals surface area (Å²) in [6.07, 6.45) is 4.27. The first-order valence-corrected chi connectivity index (χ1v) is 8.53. The molecule has 0 aromatic heterocycles. The van der Waals surface area contributed by atoms with E-state index in [0.717, 1.165) is 25.7 Å². The van der Waals surface area contributed by atoms with Crippen LogP contribution in [-0.4, -0.2) is 13.2 Å². The molecule has 0 aliphatic heterocycles. The van der Waals surface area contributed by atoms with E-state index in [4.69, 9.17) is 20.9 Å². The zero-order valence-corrected chi connectivity index (χ0v) is 15.2. The fourth-order valence-corrected chi connectivity index (χ4v) is 2.42.